The van der Waals surface area contributed by atoms with Crippen LogP contribution >= 0.6 is 0 Å². The lowest BCUT2D eigenvalue weighted by molar-refractivity contribution is -0.384. The molecule has 7 heteroatoms. The normalized spacial score (nSPS) is 12.6. The van der Waals surface area contributed by atoms with Gasteiger partial charge < -0.3 is 9.47 Å². The fourth-order valence-corrected chi connectivity index (χ4v) is 1.53. The number of non-ortho nitro benzene ring substituents is 1. The topological polar surface area (TPSA) is 78.7 Å². The van der Waals surface area contributed by atoms with Crippen LogP contribution in [0.5, 0.6) is 5.75 Å². The Morgan fingerprint density at radius 1 is 1.26 bits per heavy atom. The molecule has 0 saturated carbocycles. The molecule has 0 bridgehead atoms. The second-order valence-corrected chi connectivity index (χ2v) is 10.8. The lowest BCUT2D eigenvalue weighted by Gasteiger charge is -2.24. The van der Waals surface area contributed by atoms with Crippen molar-refractivity contribution in [2.75, 3.05) is 0 Å². The standard InChI is InChI=1S/C12H17NO5Si/c1-9(19(2,3)4)17-12(14)18-11-7-5-10(6-8-11)13(15)16/h5-9H,1-4H3. The molecule has 0 aliphatic carbocycles. The minimum absolute atomic E-state index is 0.0591. The van der Waals surface area contributed by atoms with E-state index in [0.29, 0.717) is 0 Å². The van der Waals surface area contributed by atoms with Crippen LogP contribution in [0.15, 0.2) is 24.3 Å². The zero-order valence-electron chi connectivity index (χ0n) is 11.4. The van der Waals surface area contributed by atoms with Gasteiger partial charge in [-0.05, 0) is 19.1 Å². The number of carbonyl (C=O) groups is 1. The summed E-state index contributed by atoms with van der Waals surface area (Å²) in [6.07, 6.45) is -0.788. The number of benzene rings is 1. The molecule has 104 valence electrons. The second-order valence-electron chi connectivity index (χ2n) is 5.23. The van der Waals surface area contributed by atoms with Gasteiger partial charge in [-0.25, -0.2) is 4.79 Å². The van der Waals surface area contributed by atoms with Gasteiger partial charge in [0.1, 0.15) is 5.75 Å². The van der Waals surface area contributed by atoms with Crippen molar-refractivity contribution in [3.05, 3.63) is 34.4 Å². The summed E-state index contributed by atoms with van der Waals surface area (Å²) in [5, 5.41) is 10.5. The van der Waals surface area contributed by atoms with E-state index in [9.17, 15) is 14.9 Å². The van der Waals surface area contributed by atoms with Crippen LogP contribution in [-0.4, -0.2) is 24.9 Å². The van der Waals surface area contributed by atoms with Gasteiger partial charge in [0.2, 0.25) is 0 Å². The zero-order chi connectivity index (χ0) is 14.6. The highest BCUT2D eigenvalue weighted by Crippen LogP contribution is 2.18. The average Bonchev–Trinajstić information content (AvgIpc) is 2.28. The van der Waals surface area contributed by atoms with Gasteiger partial charge in [-0.1, -0.05) is 19.6 Å². The maximum Gasteiger partial charge on any atom is 0.513 e. The molecule has 0 spiro atoms. The van der Waals surface area contributed by atoms with E-state index in [1.807, 2.05) is 6.92 Å². The van der Waals surface area contributed by atoms with E-state index in [1.165, 1.54) is 24.3 Å². The molecule has 0 saturated heterocycles. The molecule has 0 N–H and O–H groups in total. The molecule has 1 unspecified atom stereocenters. The van der Waals surface area contributed by atoms with Crippen LogP contribution < -0.4 is 4.74 Å². The van der Waals surface area contributed by atoms with Crippen LogP contribution in [0.3, 0.4) is 0 Å². The molecule has 1 aromatic carbocycles. The van der Waals surface area contributed by atoms with E-state index in [2.05, 4.69) is 19.6 Å². The first-order chi connectivity index (χ1) is 8.70. The fourth-order valence-electron chi connectivity index (χ4n) is 1.08. The lowest BCUT2D eigenvalue weighted by atomic mass is 10.3. The lowest BCUT2D eigenvalue weighted by Crippen LogP contribution is -2.39. The van der Waals surface area contributed by atoms with Crippen molar-refractivity contribution >= 4 is 19.9 Å². The number of hydrogen-bond acceptors (Lipinski definition) is 5. The Morgan fingerprint density at radius 3 is 2.21 bits per heavy atom. The van der Waals surface area contributed by atoms with E-state index in [0.717, 1.165) is 0 Å². The Morgan fingerprint density at radius 2 is 1.79 bits per heavy atom. The third-order valence-corrected chi connectivity index (χ3v) is 5.30. The van der Waals surface area contributed by atoms with Crippen molar-refractivity contribution in [3.63, 3.8) is 0 Å². The largest absolute Gasteiger partial charge is 0.513 e. The average molecular weight is 283 g/mol. The summed E-state index contributed by atoms with van der Waals surface area (Å²) in [4.78, 5) is 21.5. The van der Waals surface area contributed by atoms with Crippen molar-refractivity contribution in [2.24, 2.45) is 0 Å². The molecular formula is C12H17NO5Si. The Kier molecular flexibility index (Phi) is 4.65. The molecule has 1 aromatic rings. The molecule has 1 atom stereocenters. The predicted molar refractivity (Wildman–Crippen MR) is 73.0 cm³/mol. The zero-order valence-corrected chi connectivity index (χ0v) is 12.4. The van der Waals surface area contributed by atoms with Crippen LogP contribution in [0.25, 0.3) is 0 Å². The first-order valence-corrected chi connectivity index (χ1v) is 9.41. The van der Waals surface area contributed by atoms with Gasteiger partial charge in [-0.2, -0.15) is 0 Å². The van der Waals surface area contributed by atoms with E-state index in [-0.39, 0.29) is 17.2 Å². The molecule has 19 heavy (non-hydrogen) atoms. The second kappa shape index (κ2) is 5.83. The molecule has 0 aromatic heterocycles. The Hall–Kier alpha value is -1.89. The van der Waals surface area contributed by atoms with Gasteiger partial charge in [-0.15, -0.1) is 0 Å². The van der Waals surface area contributed by atoms with Gasteiger partial charge in [0.15, 0.2) is 0 Å². The number of nitrogens with zero attached hydrogens (tertiary/aromatic N) is 1. The Labute approximate surface area is 112 Å². The maximum atomic E-state index is 11.5. The summed E-state index contributed by atoms with van der Waals surface area (Å²) < 4.78 is 10.1. The van der Waals surface area contributed by atoms with Crippen LogP contribution in [0.1, 0.15) is 6.92 Å². The van der Waals surface area contributed by atoms with Gasteiger partial charge in [-0.3, -0.25) is 10.1 Å². The third kappa shape index (κ3) is 4.70. The first kappa shape index (κ1) is 15.2. The van der Waals surface area contributed by atoms with Crippen LogP contribution in [0.4, 0.5) is 10.5 Å². The van der Waals surface area contributed by atoms with Crippen LogP contribution in [0, 0.1) is 10.1 Å². The minimum atomic E-state index is -1.58. The molecule has 0 radical (unpaired) electrons. The molecular weight excluding hydrogens is 266 g/mol. The summed E-state index contributed by atoms with van der Waals surface area (Å²) in [6.45, 7) is 8.08. The van der Waals surface area contributed by atoms with Gasteiger partial charge in [0, 0.05) is 12.1 Å². The first-order valence-electron chi connectivity index (χ1n) is 5.83. The van der Waals surface area contributed by atoms with Crippen molar-refractivity contribution < 1.29 is 19.2 Å². The number of nitro benzene ring substituents is 1. The highest BCUT2D eigenvalue weighted by atomic mass is 28.3. The van der Waals surface area contributed by atoms with Gasteiger partial charge in [0.05, 0.1) is 18.7 Å². The molecule has 0 heterocycles. The quantitative estimate of drug-likeness (QED) is 0.278. The molecule has 6 nitrogen and oxygen atoms in total. The number of rotatable bonds is 4. The highest BCUT2D eigenvalue weighted by Gasteiger charge is 2.26. The number of carbonyl (C=O) groups excluding carboxylic acids is 1. The predicted octanol–water partition coefficient (Wildman–Crippen LogP) is 3.38. The smallest absolute Gasteiger partial charge is 0.435 e. The molecule has 1 rings (SSSR count). The molecule has 0 aliphatic heterocycles. The van der Waals surface area contributed by atoms with Crippen LogP contribution in [0.2, 0.25) is 19.6 Å². The fraction of sp³-hybridized carbons (Fsp3) is 0.417. The summed E-state index contributed by atoms with van der Waals surface area (Å²) in [7, 11) is -1.58. The number of hydrogen-bond donors (Lipinski definition) is 0. The van der Waals surface area contributed by atoms with Crippen molar-refractivity contribution in [1.29, 1.82) is 0 Å². The van der Waals surface area contributed by atoms with Crippen molar-refractivity contribution in [3.8, 4) is 5.75 Å². The molecule has 0 fully saturated rings. The van der Waals surface area contributed by atoms with Crippen LogP contribution in [-0.2, 0) is 4.74 Å². The van der Waals surface area contributed by atoms with E-state index < -0.39 is 19.2 Å². The van der Waals surface area contributed by atoms with Crippen molar-refractivity contribution in [1.82, 2.24) is 0 Å². The Bertz CT molecular complexity index is 466. The minimum Gasteiger partial charge on any atom is -0.435 e. The summed E-state index contributed by atoms with van der Waals surface area (Å²) in [5.41, 5.74) is -0.228. The summed E-state index contributed by atoms with van der Waals surface area (Å²) >= 11 is 0. The summed E-state index contributed by atoms with van der Waals surface area (Å²) in [6, 6.07) is 5.26. The molecule has 0 amide bonds. The maximum absolute atomic E-state index is 11.5. The highest BCUT2D eigenvalue weighted by molar-refractivity contribution is 6.77. The van der Waals surface area contributed by atoms with E-state index >= 15 is 0 Å². The van der Waals surface area contributed by atoms with Gasteiger partial charge >= 0.3 is 6.16 Å². The molecule has 0 aliphatic rings. The number of nitro groups is 1. The van der Waals surface area contributed by atoms with E-state index in [1.54, 1.807) is 0 Å². The monoisotopic (exact) mass is 283 g/mol. The SMILES string of the molecule is CC(OC(=O)Oc1ccc([N+](=O)[O-])cc1)[Si](C)(C)C. The van der Waals surface area contributed by atoms with Crippen molar-refractivity contribution in [2.45, 2.75) is 32.3 Å². The van der Waals surface area contributed by atoms with E-state index in [4.69, 9.17) is 9.47 Å². The Balaban J connectivity index is 2.60. The summed E-state index contributed by atoms with van der Waals surface area (Å²) in [5.74, 6) is 0.221. The third-order valence-electron chi connectivity index (χ3n) is 2.74. The van der Waals surface area contributed by atoms with Gasteiger partial charge in [0.25, 0.3) is 5.69 Å². The number of ether oxygens (including phenoxy) is 2.